The van der Waals surface area contributed by atoms with E-state index in [2.05, 4.69) is 15.3 Å². The van der Waals surface area contributed by atoms with Crippen LogP contribution in [-0.4, -0.2) is 24.5 Å². The van der Waals surface area contributed by atoms with Gasteiger partial charge in [0, 0.05) is 25.0 Å². The highest BCUT2D eigenvalue weighted by Gasteiger charge is 2.11. The van der Waals surface area contributed by atoms with Gasteiger partial charge in [-0.3, -0.25) is 0 Å². The molecule has 19 heavy (non-hydrogen) atoms. The summed E-state index contributed by atoms with van der Waals surface area (Å²) >= 11 is 5.76. The van der Waals surface area contributed by atoms with Crippen molar-refractivity contribution >= 4 is 11.6 Å². The topological polar surface area (TPSA) is 48.5 Å². The highest BCUT2D eigenvalue weighted by Crippen LogP contribution is 2.23. The van der Waals surface area contributed by atoms with E-state index in [4.69, 9.17) is 11.6 Å². The molecule has 0 aliphatic carbocycles. The van der Waals surface area contributed by atoms with Crippen LogP contribution in [0.1, 0.15) is 5.69 Å². The second-order valence-electron chi connectivity index (χ2n) is 4.36. The number of hydrogen-bond donors (Lipinski definition) is 0. The minimum Gasteiger partial charge on any atom is -0.357 e. The van der Waals surface area contributed by atoms with E-state index in [1.54, 1.807) is 16.8 Å². The van der Waals surface area contributed by atoms with E-state index >= 15 is 0 Å². The van der Waals surface area contributed by atoms with E-state index in [1.165, 1.54) is 0 Å². The van der Waals surface area contributed by atoms with Gasteiger partial charge in [0.25, 0.3) is 0 Å². The van der Waals surface area contributed by atoms with Gasteiger partial charge in [-0.25, -0.2) is 4.68 Å². The molecule has 0 radical (unpaired) electrons. The number of rotatable bonds is 2. The number of nitrogens with zero attached hydrogens (tertiary/aromatic N) is 5. The lowest BCUT2D eigenvalue weighted by atomic mass is 10.2. The lowest BCUT2D eigenvalue weighted by Gasteiger charge is -2.04. The van der Waals surface area contributed by atoms with Crippen molar-refractivity contribution in [2.45, 2.75) is 6.92 Å². The normalized spacial score (nSPS) is 10.9. The average molecular weight is 274 g/mol. The Kier molecular flexibility index (Phi) is 2.83. The molecule has 0 amide bonds. The highest BCUT2D eigenvalue weighted by molar-refractivity contribution is 6.29. The molecule has 0 bridgehead atoms. The molecular weight excluding hydrogens is 262 g/mol. The van der Waals surface area contributed by atoms with Gasteiger partial charge in [0.15, 0.2) is 11.0 Å². The summed E-state index contributed by atoms with van der Waals surface area (Å²) < 4.78 is 3.77. The fraction of sp³-hybridized carbons (Fsp3) is 0.154. The molecule has 3 heterocycles. The molecule has 0 aliphatic rings. The summed E-state index contributed by atoms with van der Waals surface area (Å²) in [6.07, 6.45) is 4.03. The first kappa shape index (κ1) is 11.9. The standard InChI is InChI=1S/C13H12ClN5/c1-9-7-11(10-5-6-18(2)8-10)19(17-9)13-4-3-12(14)15-16-13/h3-8H,1-2H3. The van der Waals surface area contributed by atoms with E-state index < -0.39 is 0 Å². The van der Waals surface area contributed by atoms with Crippen LogP contribution in [0.2, 0.25) is 5.15 Å². The summed E-state index contributed by atoms with van der Waals surface area (Å²) in [5, 5.41) is 12.7. The van der Waals surface area contributed by atoms with Crippen LogP contribution in [0.25, 0.3) is 17.1 Å². The summed E-state index contributed by atoms with van der Waals surface area (Å²) in [6, 6.07) is 7.56. The number of halogens is 1. The van der Waals surface area contributed by atoms with Crippen LogP contribution >= 0.6 is 11.6 Å². The molecule has 0 saturated heterocycles. The number of hydrogen-bond acceptors (Lipinski definition) is 3. The zero-order valence-electron chi connectivity index (χ0n) is 10.6. The molecule has 3 aromatic rings. The van der Waals surface area contributed by atoms with Gasteiger partial charge < -0.3 is 4.57 Å². The van der Waals surface area contributed by atoms with Crippen LogP contribution in [0.15, 0.2) is 36.7 Å². The maximum absolute atomic E-state index is 5.76. The van der Waals surface area contributed by atoms with E-state index in [1.807, 2.05) is 43.1 Å². The van der Waals surface area contributed by atoms with E-state index in [9.17, 15) is 0 Å². The Bertz CT molecular complexity index is 711. The Labute approximate surface area is 115 Å². The Balaban J connectivity index is 2.14. The van der Waals surface area contributed by atoms with Crippen molar-refractivity contribution in [1.29, 1.82) is 0 Å². The van der Waals surface area contributed by atoms with Crippen molar-refractivity contribution in [3.63, 3.8) is 0 Å². The Morgan fingerprint density at radius 3 is 2.63 bits per heavy atom. The van der Waals surface area contributed by atoms with Crippen LogP contribution < -0.4 is 0 Å². The summed E-state index contributed by atoms with van der Waals surface area (Å²) in [6.45, 7) is 1.95. The molecule has 96 valence electrons. The Hall–Kier alpha value is -2.14. The number of aryl methyl sites for hydroxylation is 2. The molecule has 0 aliphatic heterocycles. The van der Waals surface area contributed by atoms with Gasteiger partial charge in [0.05, 0.1) is 11.4 Å². The average Bonchev–Trinajstić information content (AvgIpc) is 2.96. The molecule has 5 nitrogen and oxygen atoms in total. The predicted octanol–water partition coefficient (Wildman–Crippen LogP) is 2.63. The monoisotopic (exact) mass is 273 g/mol. The van der Waals surface area contributed by atoms with Crippen LogP contribution in [0.5, 0.6) is 0 Å². The third-order valence-electron chi connectivity index (χ3n) is 2.79. The quantitative estimate of drug-likeness (QED) is 0.721. The van der Waals surface area contributed by atoms with Crippen molar-refractivity contribution in [2.75, 3.05) is 0 Å². The van der Waals surface area contributed by atoms with Crippen molar-refractivity contribution in [3.05, 3.63) is 47.5 Å². The predicted molar refractivity (Wildman–Crippen MR) is 73.3 cm³/mol. The Morgan fingerprint density at radius 1 is 1.16 bits per heavy atom. The van der Waals surface area contributed by atoms with Crippen LogP contribution in [0, 0.1) is 6.92 Å². The molecule has 0 N–H and O–H groups in total. The van der Waals surface area contributed by atoms with Crippen molar-refractivity contribution in [2.24, 2.45) is 7.05 Å². The fourth-order valence-electron chi connectivity index (χ4n) is 1.96. The van der Waals surface area contributed by atoms with Gasteiger partial charge in [-0.15, -0.1) is 10.2 Å². The Morgan fingerprint density at radius 2 is 2.00 bits per heavy atom. The third kappa shape index (κ3) is 2.24. The largest absolute Gasteiger partial charge is 0.357 e. The van der Waals surface area contributed by atoms with Gasteiger partial charge in [-0.05, 0) is 31.2 Å². The minimum atomic E-state index is 0.369. The molecule has 3 aromatic heterocycles. The van der Waals surface area contributed by atoms with Crippen LogP contribution in [0.4, 0.5) is 0 Å². The van der Waals surface area contributed by atoms with E-state index in [0.717, 1.165) is 17.0 Å². The maximum atomic E-state index is 5.76. The van der Waals surface area contributed by atoms with Gasteiger partial charge in [0.1, 0.15) is 0 Å². The first-order chi connectivity index (χ1) is 9.13. The van der Waals surface area contributed by atoms with Gasteiger partial charge in [0.2, 0.25) is 0 Å². The van der Waals surface area contributed by atoms with Gasteiger partial charge in [-0.1, -0.05) is 11.6 Å². The number of aromatic nitrogens is 5. The molecule has 0 fully saturated rings. The van der Waals surface area contributed by atoms with Crippen molar-refractivity contribution in [1.82, 2.24) is 24.5 Å². The lowest BCUT2D eigenvalue weighted by Crippen LogP contribution is -2.02. The first-order valence-corrected chi connectivity index (χ1v) is 6.20. The summed E-state index contributed by atoms with van der Waals surface area (Å²) in [4.78, 5) is 0. The van der Waals surface area contributed by atoms with Crippen LogP contribution in [0.3, 0.4) is 0 Å². The summed E-state index contributed by atoms with van der Waals surface area (Å²) in [7, 11) is 1.99. The minimum absolute atomic E-state index is 0.369. The van der Waals surface area contributed by atoms with Crippen molar-refractivity contribution < 1.29 is 0 Å². The molecule has 0 saturated carbocycles. The molecule has 0 unspecified atom stereocenters. The molecule has 3 rings (SSSR count). The molecule has 0 aromatic carbocycles. The SMILES string of the molecule is Cc1cc(-c2ccn(C)c2)n(-c2ccc(Cl)nn2)n1. The van der Waals surface area contributed by atoms with Gasteiger partial charge >= 0.3 is 0 Å². The zero-order valence-corrected chi connectivity index (χ0v) is 11.3. The zero-order chi connectivity index (χ0) is 13.4. The third-order valence-corrected chi connectivity index (χ3v) is 3.00. The van der Waals surface area contributed by atoms with Crippen molar-refractivity contribution in [3.8, 4) is 17.1 Å². The fourth-order valence-corrected chi connectivity index (χ4v) is 2.06. The maximum Gasteiger partial charge on any atom is 0.176 e. The second kappa shape index (κ2) is 4.51. The second-order valence-corrected chi connectivity index (χ2v) is 4.75. The first-order valence-electron chi connectivity index (χ1n) is 5.82. The summed E-state index contributed by atoms with van der Waals surface area (Å²) in [5.41, 5.74) is 2.99. The smallest absolute Gasteiger partial charge is 0.176 e. The molecule has 0 atom stereocenters. The molecular formula is C13H12ClN5. The van der Waals surface area contributed by atoms with E-state index in [0.29, 0.717) is 11.0 Å². The van der Waals surface area contributed by atoms with E-state index in [-0.39, 0.29) is 0 Å². The van der Waals surface area contributed by atoms with Gasteiger partial charge in [-0.2, -0.15) is 5.10 Å². The van der Waals surface area contributed by atoms with Crippen LogP contribution in [-0.2, 0) is 7.05 Å². The molecule has 0 spiro atoms. The summed E-state index contributed by atoms with van der Waals surface area (Å²) in [5.74, 6) is 0.649. The molecule has 6 heteroatoms. The lowest BCUT2D eigenvalue weighted by molar-refractivity contribution is 0.809. The highest BCUT2D eigenvalue weighted by atomic mass is 35.5.